The lowest BCUT2D eigenvalue weighted by Gasteiger charge is -2.09. The average molecular weight is 327 g/mol. The molecule has 0 aliphatic heterocycles. The Bertz CT molecular complexity index is 647. The molecule has 0 heterocycles. The molecule has 2 rings (SSSR count). The Morgan fingerprint density at radius 2 is 1.95 bits per heavy atom. The van der Waals surface area contributed by atoms with Gasteiger partial charge in [-0.1, -0.05) is 6.07 Å². The van der Waals surface area contributed by atoms with E-state index < -0.39 is 11.6 Å². The Kier molecular flexibility index (Phi) is 3.80. The molecule has 0 aliphatic rings. The Morgan fingerprint density at radius 1 is 1.21 bits per heavy atom. The fourth-order valence-electron chi connectivity index (χ4n) is 1.47. The van der Waals surface area contributed by atoms with Gasteiger partial charge in [0.15, 0.2) is 11.6 Å². The highest BCUT2D eigenvalue weighted by molar-refractivity contribution is 9.10. The smallest absolute Gasteiger partial charge is 0.201 e. The molecule has 19 heavy (non-hydrogen) atoms. The summed E-state index contributed by atoms with van der Waals surface area (Å²) in [7, 11) is 0. The summed E-state index contributed by atoms with van der Waals surface area (Å²) in [5, 5.41) is 7.33. The van der Waals surface area contributed by atoms with Gasteiger partial charge in [-0.15, -0.1) is 0 Å². The Morgan fingerprint density at radius 3 is 2.58 bits per heavy atom. The Hall–Kier alpha value is -1.95. The number of rotatable bonds is 3. The van der Waals surface area contributed by atoms with Crippen molar-refractivity contribution >= 4 is 21.8 Å². The van der Waals surface area contributed by atoms with Crippen molar-refractivity contribution in [3.05, 3.63) is 58.1 Å². The zero-order valence-electron chi connectivity index (χ0n) is 9.58. The monoisotopic (exact) mass is 326 g/mol. The summed E-state index contributed by atoms with van der Waals surface area (Å²) in [5.41, 5.74) is 5.86. The molecule has 0 atom stereocenters. The highest BCUT2D eigenvalue weighted by Crippen LogP contribution is 2.29. The van der Waals surface area contributed by atoms with Gasteiger partial charge in [0.2, 0.25) is 5.82 Å². The van der Waals surface area contributed by atoms with Crippen LogP contribution in [0.2, 0.25) is 0 Å². The minimum atomic E-state index is -1.05. The highest BCUT2D eigenvalue weighted by Gasteiger charge is 2.11. The lowest BCUT2D eigenvalue weighted by molar-refractivity contribution is 0.416. The van der Waals surface area contributed by atoms with E-state index in [0.717, 1.165) is 6.07 Å². The van der Waals surface area contributed by atoms with E-state index in [1.807, 2.05) is 0 Å². The van der Waals surface area contributed by atoms with Gasteiger partial charge >= 0.3 is 0 Å². The van der Waals surface area contributed by atoms with Crippen LogP contribution >= 0.6 is 15.9 Å². The first-order valence-corrected chi connectivity index (χ1v) is 6.04. The predicted molar refractivity (Wildman–Crippen MR) is 71.6 cm³/mol. The van der Waals surface area contributed by atoms with Crippen LogP contribution in [-0.2, 0) is 0 Å². The molecule has 98 valence electrons. The number of benzene rings is 2. The number of amidine groups is 1. The maximum absolute atomic E-state index is 13.4. The third-order valence-corrected chi connectivity index (χ3v) is 3.03. The molecule has 0 aliphatic carbocycles. The van der Waals surface area contributed by atoms with E-state index in [9.17, 15) is 8.78 Å². The lowest BCUT2D eigenvalue weighted by atomic mass is 10.2. The number of hydrogen-bond donors (Lipinski definition) is 2. The van der Waals surface area contributed by atoms with E-state index in [2.05, 4.69) is 15.9 Å². The molecule has 3 nitrogen and oxygen atoms in total. The molecule has 0 saturated carbocycles. The molecular weight excluding hydrogens is 318 g/mol. The zero-order valence-corrected chi connectivity index (χ0v) is 11.2. The van der Waals surface area contributed by atoms with Crippen LogP contribution < -0.4 is 10.5 Å². The lowest BCUT2D eigenvalue weighted by Crippen LogP contribution is -2.11. The molecule has 2 aromatic carbocycles. The van der Waals surface area contributed by atoms with E-state index in [-0.39, 0.29) is 11.6 Å². The normalized spacial score (nSPS) is 10.3. The molecule has 6 heteroatoms. The molecule has 0 fully saturated rings. The van der Waals surface area contributed by atoms with E-state index in [4.69, 9.17) is 15.9 Å². The summed E-state index contributed by atoms with van der Waals surface area (Å²) in [5.74, 6) is -2.02. The first-order chi connectivity index (χ1) is 8.99. The number of halogens is 3. The first-order valence-electron chi connectivity index (χ1n) is 5.25. The standard InChI is InChI=1S/C13H9BrF2N2O/c14-9-6-7(4-5-8(9)13(17)18)19-11-3-1-2-10(15)12(11)16/h1-6H,(H3,17,18). The van der Waals surface area contributed by atoms with Crippen LogP contribution in [0.4, 0.5) is 8.78 Å². The van der Waals surface area contributed by atoms with Crippen LogP contribution in [0, 0.1) is 17.0 Å². The third-order valence-electron chi connectivity index (χ3n) is 2.37. The quantitative estimate of drug-likeness (QED) is 0.665. The SMILES string of the molecule is N=C(N)c1ccc(Oc2cccc(F)c2F)cc1Br. The Labute approximate surface area is 116 Å². The van der Waals surface area contributed by atoms with Crippen molar-refractivity contribution in [1.82, 2.24) is 0 Å². The molecule has 0 radical (unpaired) electrons. The van der Waals surface area contributed by atoms with Gasteiger partial charge < -0.3 is 10.5 Å². The molecule has 0 unspecified atom stereocenters. The van der Waals surface area contributed by atoms with Crippen molar-refractivity contribution in [2.45, 2.75) is 0 Å². The van der Waals surface area contributed by atoms with Crippen LogP contribution in [0.15, 0.2) is 40.9 Å². The van der Waals surface area contributed by atoms with Gasteiger partial charge in [-0.25, -0.2) is 4.39 Å². The molecule has 0 amide bonds. The maximum atomic E-state index is 13.4. The highest BCUT2D eigenvalue weighted by atomic mass is 79.9. The van der Waals surface area contributed by atoms with Crippen LogP contribution in [0.5, 0.6) is 11.5 Å². The minimum Gasteiger partial charge on any atom is -0.454 e. The van der Waals surface area contributed by atoms with Gasteiger partial charge in [0, 0.05) is 10.0 Å². The molecule has 0 aromatic heterocycles. The number of nitrogen functional groups attached to an aromatic ring is 1. The molecular formula is C13H9BrF2N2O. The average Bonchev–Trinajstić information content (AvgIpc) is 2.34. The van der Waals surface area contributed by atoms with E-state index in [1.165, 1.54) is 24.3 Å². The van der Waals surface area contributed by atoms with Crippen molar-refractivity contribution in [3.8, 4) is 11.5 Å². The second-order valence-corrected chi connectivity index (χ2v) is 4.56. The van der Waals surface area contributed by atoms with Gasteiger partial charge in [0.25, 0.3) is 0 Å². The predicted octanol–water partition coefficient (Wildman–Crippen LogP) is 3.80. The van der Waals surface area contributed by atoms with Gasteiger partial charge in [0.05, 0.1) is 0 Å². The summed E-state index contributed by atoms with van der Waals surface area (Å²) >= 11 is 3.23. The van der Waals surface area contributed by atoms with Gasteiger partial charge in [-0.2, -0.15) is 4.39 Å². The topological polar surface area (TPSA) is 59.1 Å². The maximum Gasteiger partial charge on any atom is 0.201 e. The summed E-state index contributed by atoms with van der Waals surface area (Å²) in [6, 6.07) is 8.29. The van der Waals surface area contributed by atoms with Gasteiger partial charge in [-0.05, 0) is 46.3 Å². The summed E-state index contributed by atoms with van der Waals surface area (Å²) in [4.78, 5) is 0. The molecule has 2 aromatic rings. The van der Waals surface area contributed by atoms with E-state index in [1.54, 1.807) is 6.07 Å². The number of ether oxygens (including phenoxy) is 1. The fourth-order valence-corrected chi connectivity index (χ4v) is 2.04. The molecule has 0 spiro atoms. The molecule has 3 N–H and O–H groups in total. The molecule has 0 saturated heterocycles. The minimum absolute atomic E-state index is 0.102. The van der Waals surface area contributed by atoms with Crippen LogP contribution in [0.3, 0.4) is 0 Å². The second kappa shape index (κ2) is 5.36. The van der Waals surface area contributed by atoms with Crippen molar-refractivity contribution in [3.63, 3.8) is 0 Å². The summed E-state index contributed by atoms with van der Waals surface area (Å²) in [6.07, 6.45) is 0. The zero-order chi connectivity index (χ0) is 14.0. The fraction of sp³-hybridized carbons (Fsp3) is 0. The van der Waals surface area contributed by atoms with Crippen LogP contribution in [-0.4, -0.2) is 5.84 Å². The largest absolute Gasteiger partial charge is 0.454 e. The van der Waals surface area contributed by atoms with Crippen molar-refractivity contribution < 1.29 is 13.5 Å². The van der Waals surface area contributed by atoms with Crippen molar-refractivity contribution in [2.24, 2.45) is 5.73 Å². The number of nitrogens with two attached hydrogens (primary N) is 1. The summed E-state index contributed by atoms with van der Waals surface area (Å²) < 4.78 is 32.2. The Balaban J connectivity index is 2.32. The third kappa shape index (κ3) is 2.90. The summed E-state index contributed by atoms with van der Waals surface area (Å²) in [6.45, 7) is 0. The van der Waals surface area contributed by atoms with Gasteiger partial charge in [0.1, 0.15) is 11.6 Å². The number of hydrogen-bond acceptors (Lipinski definition) is 2. The van der Waals surface area contributed by atoms with Crippen molar-refractivity contribution in [2.75, 3.05) is 0 Å². The van der Waals surface area contributed by atoms with E-state index >= 15 is 0 Å². The second-order valence-electron chi connectivity index (χ2n) is 3.71. The number of nitrogens with one attached hydrogen (secondary N) is 1. The van der Waals surface area contributed by atoms with Crippen LogP contribution in [0.1, 0.15) is 5.56 Å². The van der Waals surface area contributed by atoms with Crippen LogP contribution in [0.25, 0.3) is 0 Å². The first kappa shape index (κ1) is 13.5. The molecule has 0 bridgehead atoms. The van der Waals surface area contributed by atoms with Gasteiger partial charge in [-0.3, -0.25) is 5.41 Å². The van der Waals surface area contributed by atoms with Crippen molar-refractivity contribution in [1.29, 1.82) is 5.41 Å². The van der Waals surface area contributed by atoms with E-state index in [0.29, 0.717) is 15.8 Å².